The average Bonchev–Trinajstić information content (AvgIpc) is 2.24. The van der Waals surface area contributed by atoms with Gasteiger partial charge in [-0.2, -0.15) is 0 Å². The number of nitrogens with one attached hydrogen (secondary N) is 2. The topological polar surface area (TPSA) is 50.4 Å². The molecule has 4 nitrogen and oxygen atoms in total. The highest BCUT2D eigenvalue weighted by atomic mass is 16.5. The Morgan fingerprint density at radius 3 is 2.81 bits per heavy atom. The zero-order valence-corrected chi connectivity index (χ0v) is 9.75. The molecule has 0 bridgehead atoms. The van der Waals surface area contributed by atoms with Crippen molar-refractivity contribution < 1.29 is 9.53 Å². The van der Waals surface area contributed by atoms with Gasteiger partial charge >= 0.3 is 0 Å². The molecule has 2 N–H and O–H groups in total. The Kier molecular flexibility index (Phi) is 5.36. The molecule has 0 heterocycles. The highest BCUT2D eigenvalue weighted by Crippen LogP contribution is 2.14. The van der Waals surface area contributed by atoms with Gasteiger partial charge in [-0.15, -0.1) is 0 Å². The molecule has 0 aliphatic rings. The summed E-state index contributed by atoms with van der Waals surface area (Å²) in [5.74, 6) is -0.0635. The van der Waals surface area contributed by atoms with E-state index in [1.165, 1.54) is 6.92 Å². The zero-order valence-electron chi connectivity index (χ0n) is 9.75. The predicted octanol–water partition coefficient (Wildman–Crippen LogP) is 2.09. The second-order valence-corrected chi connectivity index (χ2v) is 3.39. The molecule has 4 heteroatoms. The van der Waals surface area contributed by atoms with E-state index >= 15 is 0 Å². The third-order valence-corrected chi connectivity index (χ3v) is 1.96. The maximum atomic E-state index is 10.9. The molecule has 1 rings (SSSR count). The quantitative estimate of drug-likeness (QED) is 0.725. The molecule has 0 aromatic heterocycles. The fourth-order valence-electron chi connectivity index (χ4n) is 1.32. The minimum Gasteiger partial charge on any atom is -0.383 e. The maximum absolute atomic E-state index is 10.9. The van der Waals surface area contributed by atoms with Gasteiger partial charge in [-0.1, -0.05) is 6.07 Å². The van der Waals surface area contributed by atoms with Crippen molar-refractivity contribution in [3.63, 3.8) is 0 Å². The first-order chi connectivity index (χ1) is 7.72. The number of anilines is 2. The fourth-order valence-corrected chi connectivity index (χ4v) is 1.32. The van der Waals surface area contributed by atoms with Gasteiger partial charge in [0.15, 0.2) is 0 Å². The van der Waals surface area contributed by atoms with Gasteiger partial charge in [0, 0.05) is 31.5 Å². The molecule has 0 fully saturated rings. The summed E-state index contributed by atoms with van der Waals surface area (Å²) >= 11 is 0. The van der Waals surface area contributed by atoms with Gasteiger partial charge in [-0.25, -0.2) is 0 Å². The van der Waals surface area contributed by atoms with Crippen LogP contribution in [0.5, 0.6) is 0 Å². The second-order valence-electron chi connectivity index (χ2n) is 3.39. The highest BCUT2D eigenvalue weighted by molar-refractivity contribution is 5.89. The minimum atomic E-state index is -0.0635. The van der Waals surface area contributed by atoms with Gasteiger partial charge in [0.1, 0.15) is 0 Å². The molecule has 0 unspecified atom stereocenters. The monoisotopic (exact) mass is 222 g/mol. The smallest absolute Gasteiger partial charge is 0.221 e. The zero-order chi connectivity index (χ0) is 11.8. The molecule has 0 spiro atoms. The maximum Gasteiger partial charge on any atom is 0.221 e. The summed E-state index contributed by atoms with van der Waals surface area (Å²) in [6.45, 7) is 5.64. The van der Waals surface area contributed by atoms with Crippen LogP contribution in [0.15, 0.2) is 24.3 Å². The van der Waals surface area contributed by atoms with Crippen LogP contribution >= 0.6 is 0 Å². The van der Waals surface area contributed by atoms with Gasteiger partial charge in [0.25, 0.3) is 0 Å². The molecular weight excluding hydrogens is 204 g/mol. The number of rotatable bonds is 6. The Bertz CT molecular complexity index is 340. The van der Waals surface area contributed by atoms with E-state index in [2.05, 4.69) is 10.6 Å². The summed E-state index contributed by atoms with van der Waals surface area (Å²) < 4.78 is 5.22. The van der Waals surface area contributed by atoms with Crippen molar-refractivity contribution in [1.29, 1.82) is 0 Å². The van der Waals surface area contributed by atoms with E-state index in [0.29, 0.717) is 6.61 Å². The molecular formula is C12H18N2O2. The van der Waals surface area contributed by atoms with Crippen LogP contribution in [-0.4, -0.2) is 25.7 Å². The van der Waals surface area contributed by atoms with Crippen molar-refractivity contribution in [2.75, 3.05) is 30.4 Å². The highest BCUT2D eigenvalue weighted by Gasteiger charge is 1.97. The average molecular weight is 222 g/mol. The lowest BCUT2D eigenvalue weighted by Crippen LogP contribution is -2.10. The van der Waals surface area contributed by atoms with E-state index in [-0.39, 0.29) is 5.91 Å². The molecule has 0 saturated carbocycles. The van der Waals surface area contributed by atoms with Crippen molar-refractivity contribution in [2.24, 2.45) is 0 Å². The fraction of sp³-hybridized carbons (Fsp3) is 0.417. The van der Waals surface area contributed by atoms with Crippen LogP contribution in [0.25, 0.3) is 0 Å². The van der Waals surface area contributed by atoms with Crippen LogP contribution in [0, 0.1) is 0 Å². The predicted molar refractivity (Wildman–Crippen MR) is 65.7 cm³/mol. The Morgan fingerprint density at radius 2 is 2.12 bits per heavy atom. The molecule has 16 heavy (non-hydrogen) atoms. The number of hydrogen-bond donors (Lipinski definition) is 2. The molecule has 0 radical (unpaired) electrons. The Morgan fingerprint density at radius 1 is 1.38 bits per heavy atom. The van der Waals surface area contributed by atoms with Crippen LogP contribution in [0.1, 0.15) is 13.8 Å². The molecule has 88 valence electrons. The number of ether oxygens (including phenoxy) is 1. The molecule has 1 aromatic rings. The van der Waals surface area contributed by atoms with Crippen molar-refractivity contribution >= 4 is 17.3 Å². The summed E-state index contributed by atoms with van der Waals surface area (Å²) in [6.07, 6.45) is 0. The van der Waals surface area contributed by atoms with Gasteiger partial charge in [0.2, 0.25) is 5.91 Å². The standard InChI is InChI=1S/C12H18N2O2/c1-3-16-8-7-13-11-5-4-6-12(9-11)14-10(2)15/h4-6,9,13H,3,7-8H2,1-2H3,(H,14,15). The van der Waals surface area contributed by atoms with Crippen LogP contribution in [0.4, 0.5) is 11.4 Å². The van der Waals surface area contributed by atoms with Gasteiger partial charge < -0.3 is 15.4 Å². The summed E-state index contributed by atoms with van der Waals surface area (Å²) in [5.41, 5.74) is 1.78. The first-order valence-electron chi connectivity index (χ1n) is 5.41. The molecule has 1 amide bonds. The summed E-state index contributed by atoms with van der Waals surface area (Å²) in [5, 5.41) is 5.95. The Hall–Kier alpha value is -1.55. The Balaban J connectivity index is 2.44. The van der Waals surface area contributed by atoms with E-state index in [1.807, 2.05) is 31.2 Å². The molecule has 0 atom stereocenters. The van der Waals surface area contributed by atoms with Crippen molar-refractivity contribution in [3.8, 4) is 0 Å². The van der Waals surface area contributed by atoms with Gasteiger partial charge in [-0.3, -0.25) is 4.79 Å². The molecule has 0 aliphatic carbocycles. The number of carbonyl (C=O) groups is 1. The summed E-state index contributed by atoms with van der Waals surface area (Å²) in [6, 6.07) is 7.61. The SMILES string of the molecule is CCOCCNc1cccc(NC(C)=O)c1. The lowest BCUT2D eigenvalue weighted by molar-refractivity contribution is -0.114. The van der Waals surface area contributed by atoms with Crippen molar-refractivity contribution in [1.82, 2.24) is 0 Å². The van der Waals surface area contributed by atoms with Crippen LogP contribution in [-0.2, 0) is 9.53 Å². The third kappa shape index (κ3) is 4.79. The normalized spacial score (nSPS) is 9.88. The number of carbonyl (C=O) groups excluding carboxylic acids is 1. The van der Waals surface area contributed by atoms with Crippen LogP contribution in [0.2, 0.25) is 0 Å². The molecule has 0 saturated heterocycles. The largest absolute Gasteiger partial charge is 0.383 e. The first kappa shape index (κ1) is 12.5. The Labute approximate surface area is 96.0 Å². The number of amides is 1. The van der Waals surface area contributed by atoms with Crippen LogP contribution < -0.4 is 10.6 Å². The third-order valence-electron chi connectivity index (χ3n) is 1.96. The lowest BCUT2D eigenvalue weighted by atomic mass is 10.2. The van der Waals surface area contributed by atoms with Gasteiger partial charge in [-0.05, 0) is 25.1 Å². The summed E-state index contributed by atoms with van der Waals surface area (Å²) in [7, 11) is 0. The van der Waals surface area contributed by atoms with Crippen LogP contribution in [0.3, 0.4) is 0 Å². The van der Waals surface area contributed by atoms with E-state index < -0.39 is 0 Å². The van der Waals surface area contributed by atoms with Gasteiger partial charge in [0.05, 0.1) is 6.61 Å². The van der Waals surface area contributed by atoms with Crippen molar-refractivity contribution in [2.45, 2.75) is 13.8 Å². The van der Waals surface area contributed by atoms with Crippen molar-refractivity contribution in [3.05, 3.63) is 24.3 Å². The number of benzene rings is 1. The summed E-state index contributed by atoms with van der Waals surface area (Å²) in [4.78, 5) is 10.9. The van der Waals surface area contributed by atoms with E-state index in [0.717, 1.165) is 24.5 Å². The number of hydrogen-bond acceptors (Lipinski definition) is 3. The second kappa shape index (κ2) is 6.85. The minimum absolute atomic E-state index is 0.0635. The first-order valence-corrected chi connectivity index (χ1v) is 5.41. The molecule has 0 aliphatic heterocycles. The van der Waals surface area contributed by atoms with E-state index in [4.69, 9.17) is 4.74 Å². The van der Waals surface area contributed by atoms with E-state index in [9.17, 15) is 4.79 Å². The lowest BCUT2D eigenvalue weighted by Gasteiger charge is -2.08. The van der Waals surface area contributed by atoms with E-state index in [1.54, 1.807) is 0 Å². The molecule has 1 aromatic carbocycles.